The summed E-state index contributed by atoms with van der Waals surface area (Å²) >= 11 is 0. The summed E-state index contributed by atoms with van der Waals surface area (Å²) in [6.45, 7) is 6.38. The molecular formula is C11H17N3. The zero-order chi connectivity index (χ0) is 10.1. The molecule has 76 valence electrons. The van der Waals surface area contributed by atoms with Crippen LogP contribution in [0.15, 0.2) is 12.1 Å². The van der Waals surface area contributed by atoms with Crippen molar-refractivity contribution in [3.05, 3.63) is 17.8 Å². The Morgan fingerprint density at radius 2 is 2.29 bits per heavy atom. The fourth-order valence-electron chi connectivity index (χ4n) is 1.87. The number of hydrogen-bond donors (Lipinski definition) is 1. The molecule has 0 amide bonds. The first kappa shape index (κ1) is 9.31. The third-order valence-electron chi connectivity index (χ3n) is 2.60. The molecule has 0 fully saturated rings. The fourth-order valence-corrected chi connectivity index (χ4v) is 1.87. The van der Waals surface area contributed by atoms with Gasteiger partial charge in [0.15, 0.2) is 5.82 Å². The Morgan fingerprint density at radius 3 is 3.07 bits per heavy atom. The van der Waals surface area contributed by atoms with Crippen molar-refractivity contribution >= 4 is 11.5 Å². The molecule has 0 saturated carbocycles. The maximum Gasteiger partial charge on any atom is 0.152 e. The Kier molecular flexibility index (Phi) is 2.32. The van der Waals surface area contributed by atoms with Crippen LogP contribution >= 0.6 is 0 Å². The molecule has 1 aliphatic rings. The number of nitrogens with one attached hydrogen (secondary N) is 1. The summed E-state index contributed by atoms with van der Waals surface area (Å²) in [5.41, 5.74) is 2.23. The Bertz CT molecular complexity index is 335. The van der Waals surface area contributed by atoms with E-state index in [1.54, 1.807) is 0 Å². The lowest BCUT2D eigenvalue weighted by molar-refractivity contribution is 0.615. The van der Waals surface area contributed by atoms with E-state index in [0.29, 0.717) is 5.92 Å². The fraction of sp³-hybridized carbons (Fsp3) is 0.545. The molecule has 3 nitrogen and oxygen atoms in total. The molecule has 1 aromatic heterocycles. The number of rotatable bonds is 0. The SMILES string of the molecule is Cc1ccc2c(n1)N(C)CC(C)CN2. The van der Waals surface area contributed by atoms with E-state index in [0.717, 1.165) is 30.3 Å². The van der Waals surface area contributed by atoms with Gasteiger partial charge in [-0.2, -0.15) is 0 Å². The first-order valence-electron chi connectivity index (χ1n) is 5.09. The highest BCUT2D eigenvalue weighted by Crippen LogP contribution is 2.26. The molecule has 1 aromatic rings. The molecule has 0 aromatic carbocycles. The summed E-state index contributed by atoms with van der Waals surface area (Å²) in [5, 5.41) is 3.43. The number of fused-ring (bicyclic) bond motifs is 1. The summed E-state index contributed by atoms with van der Waals surface area (Å²) in [7, 11) is 2.11. The highest BCUT2D eigenvalue weighted by molar-refractivity contribution is 5.66. The van der Waals surface area contributed by atoms with E-state index in [2.05, 4.69) is 41.3 Å². The van der Waals surface area contributed by atoms with E-state index < -0.39 is 0 Å². The molecular weight excluding hydrogens is 174 g/mol. The molecule has 3 heteroatoms. The van der Waals surface area contributed by atoms with Crippen LogP contribution in [0.1, 0.15) is 12.6 Å². The summed E-state index contributed by atoms with van der Waals surface area (Å²) in [5.74, 6) is 1.74. The van der Waals surface area contributed by atoms with Crippen LogP contribution in [0.25, 0.3) is 0 Å². The van der Waals surface area contributed by atoms with Crippen molar-refractivity contribution in [1.29, 1.82) is 0 Å². The van der Waals surface area contributed by atoms with E-state index in [9.17, 15) is 0 Å². The molecule has 0 aliphatic carbocycles. The average molecular weight is 191 g/mol. The zero-order valence-corrected chi connectivity index (χ0v) is 9.04. The lowest BCUT2D eigenvalue weighted by atomic mass is 10.2. The van der Waals surface area contributed by atoms with Crippen LogP contribution in [0.4, 0.5) is 11.5 Å². The highest BCUT2D eigenvalue weighted by atomic mass is 15.2. The summed E-state index contributed by atoms with van der Waals surface area (Å²) in [4.78, 5) is 6.78. The Labute approximate surface area is 85.1 Å². The van der Waals surface area contributed by atoms with E-state index in [1.807, 2.05) is 6.92 Å². The summed E-state index contributed by atoms with van der Waals surface area (Å²) < 4.78 is 0. The molecule has 0 saturated heterocycles. The van der Waals surface area contributed by atoms with Crippen molar-refractivity contribution < 1.29 is 0 Å². The maximum absolute atomic E-state index is 4.55. The number of pyridine rings is 1. The molecule has 0 bridgehead atoms. The quantitative estimate of drug-likeness (QED) is 0.678. The van der Waals surface area contributed by atoms with Crippen molar-refractivity contribution in [3.8, 4) is 0 Å². The second kappa shape index (κ2) is 3.48. The second-order valence-corrected chi connectivity index (χ2v) is 4.19. The van der Waals surface area contributed by atoms with Gasteiger partial charge in [0.1, 0.15) is 0 Å². The van der Waals surface area contributed by atoms with Crippen LogP contribution in [0.3, 0.4) is 0 Å². The molecule has 14 heavy (non-hydrogen) atoms. The van der Waals surface area contributed by atoms with Gasteiger partial charge in [0.25, 0.3) is 0 Å². The minimum absolute atomic E-state index is 0.662. The predicted octanol–water partition coefficient (Wildman–Crippen LogP) is 1.89. The van der Waals surface area contributed by atoms with Gasteiger partial charge in [-0.3, -0.25) is 0 Å². The second-order valence-electron chi connectivity index (χ2n) is 4.19. The van der Waals surface area contributed by atoms with Crippen molar-refractivity contribution in [3.63, 3.8) is 0 Å². The van der Waals surface area contributed by atoms with E-state index in [1.165, 1.54) is 0 Å². The molecule has 0 spiro atoms. The molecule has 1 aliphatic heterocycles. The van der Waals surface area contributed by atoms with Crippen LogP contribution in [0, 0.1) is 12.8 Å². The molecule has 2 rings (SSSR count). The molecule has 2 heterocycles. The van der Waals surface area contributed by atoms with Gasteiger partial charge < -0.3 is 10.2 Å². The maximum atomic E-state index is 4.55. The normalized spacial score (nSPS) is 21.1. The molecule has 1 N–H and O–H groups in total. The number of aryl methyl sites for hydroxylation is 1. The smallest absolute Gasteiger partial charge is 0.152 e. The van der Waals surface area contributed by atoms with Crippen LogP contribution in [-0.4, -0.2) is 25.1 Å². The van der Waals surface area contributed by atoms with Crippen molar-refractivity contribution in [1.82, 2.24) is 4.98 Å². The minimum atomic E-state index is 0.662. The first-order valence-corrected chi connectivity index (χ1v) is 5.09. The van der Waals surface area contributed by atoms with Crippen molar-refractivity contribution in [2.24, 2.45) is 5.92 Å². The Morgan fingerprint density at radius 1 is 1.50 bits per heavy atom. The van der Waals surface area contributed by atoms with E-state index >= 15 is 0 Å². The number of hydrogen-bond acceptors (Lipinski definition) is 3. The van der Waals surface area contributed by atoms with Gasteiger partial charge in [-0.1, -0.05) is 6.92 Å². The van der Waals surface area contributed by atoms with Gasteiger partial charge in [-0.05, 0) is 25.0 Å². The third-order valence-corrected chi connectivity index (χ3v) is 2.60. The Balaban J connectivity index is 2.39. The monoisotopic (exact) mass is 191 g/mol. The van der Waals surface area contributed by atoms with E-state index in [-0.39, 0.29) is 0 Å². The largest absolute Gasteiger partial charge is 0.382 e. The Hall–Kier alpha value is -1.25. The van der Waals surface area contributed by atoms with Gasteiger partial charge in [-0.25, -0.2) is 4.98 Å². The van der Waals surface area contributed by atoms with Gasteiger partial charge in [0.2, 0.25) is 0 Å². The van der Waals surface area contributed by atoms with E-state index in [4.69, 9.17) is 0 Å². The predicted molar refractivity (Wildman–Crippen MR) is 59.9 cm³/mol. The van der Waals surface area contributed by atoms with Crippen molar-refractivity contribution in [2.45, 2.75) is 13.8 Å². The minimum Gasteiger partial charge on any atom is -0.382 e. The third kappa shape index (κ3) is 1.67. The topological polar surface area (TPSA) is 28.2 Å². The van der Waals surface area contributed by atoms with Gasteiger partial charge >= 0.3 is 0 Å². The van der Waals surface area contributed by atoms with Gasteiger partial charge in [0.05, 0.1) is 5.69 Å². The lowest BCUT2D eigenvalue weighted by Crippen LogP contribution is -2.24. The lowest BCUT2D eigenvalue weighted by Gasteiger charge is -2.19. The van der Waals surface area contributed by atoms with Crippen LogP contribution in [0.5, 0.6) is 0 Å². The summed E-state index contributed by atoms with van der Waals surface area (Å²) in [6, 6.07) is 4.17. The summed E-state index contributed by atoms with van der Waals surface area (Å²) in [6.07, 6.45) is 0. The molecule has 1 unspecified atom stereocenters. The van der Waals surface area contributed by atoms with Gasteiger partial charge in [-0.15, -0.1) is 0 Å². The number of aromatic nitrogens is 1. The number of anilines is 2. The van der Waals surface area contributed by atoms with Crippen molar-refractivity contribution in [2.75, 3.05) is 30.4 Å². The standard InChI is InChI=1S/C11H17N3/c1-8-6-12-10-5-4-9(2)13-11(10)14(3)7-8/h4-5,8,12H,6-7H2,1-3H3. The highest BCUT2D eigenvalue weighted by Gasteiger charge is 2.16. The molecule has 0 radical (unpaired) electrons. The molecule has 1 atom stereocenters. The van der Waals surface area contributed by atoms with Crippen LogP contribution in [0.2, 0.25) is 0 Å². The number of nitrogens with zero attached hydrogens (tertiary/aromatic N) is 2. The van der Waals surface area contributed by atoms with Gasteiger partial charge in [0, 0.05) is 25.8 Å². The first-order chi connectivity index (χ1) is 6.66. The van der Waals surface area contributed by atoms with Crippen LogP contribution < -0.4 is 10.2 Å². The average Bonchev–Trinajstić information content (AvgIpc) is 2.27. The zero-order valence-electron chi connectivity index (χ0n) is 9.04. The van der Waals surface area contributed by atoms with Crippen LogP contribution in [-0.2, 0) is 0 Å².